The zero-order valence-electron chi connectivity index (χ0n) is 14.5. The molecule has 0 aliphatic carbocycles. The summed E-state index contributed by atoms with van der Waals surface area (Å²) in [5.74, 6) is 0.780. The molecular weight excluding hydrogens is 322 g/mol. The Labute approximate surface area is 145 Å². The number of nitrogens with zero attached hydrogens (tertiary/aromatic N) is 2. The largest absolute Gasteiger partial charge is 0.291 e. The summed E-state index contributed by atoms with van der Waals surface area (Å²) in [4.78, 5) is 2.44. The van der Waals surface area contributed by atoms with E-state index in [9.17, 15) is 8.42 Å². The van der Waals surface area contributed by atoms with Gasteiger partial charge >= 0.3 is 0 Å². The first kappa shape index (κ1) is 18.9. The number of nitrogens with one attached hydrogen (secondary N) is 1. The summed E-state index contributed by atoms with van der Waals surface area (Å²) in [6, 6.07) is 9.36. The molecule has 1 aromatic rings. The number of hydrogen-bond acceptors (Lipinski definition) is 4. The second kappa shape index (κ2) is 8.61. The van der Waals surface area contributed by atoms with Crippen molar-refractivity contribution in [1.82, 2.24) is 9.62 Å². The second-order valence-electron chi connectivity index (χ2n) is 6.61. The molecule has 1 aromatic carbocycles. The van der Waals surface area contributed by atoms with Gasteiger partial charge in [0, 0.05) is 6.54 Å². The van der Waals surface area contributed by atoms with Gasteiger partial charge in [-0.3, -0.25) is 4.90 Å². The van der Waals surface area contributed by atoms with E-state index >= 15 is 0 Å². The third-order valence-corrected chi connectivity index (χ3v) is 6.37. The number of hydrogen-bond donors (Lipinski definition) is 1. The van der Waals surface area contributed by atoms with Gasteiger partial charge in [-0.05, 0) is 61.9 Å². The van der Waals surface area contributed by atoms with Crippen molar-refractivity contribution in [3.63, 3.8) is 0 Å². The Morgan fingerprint density at radius 3 is 2.46 bits per heavy atom. The number of piperidine rings is 1. The van der Waals surface area contributed by atoms with Crippen molar-refractivity contribution in [3.05, 3.63) is 29.8 Å². The predicted molar refractivity (Wildman–Crippen MR) is 95.1 cm³/mol. The van der Waals surface area contributed by atoms with Crippen LogP contribution in [0.3, 0.4) is 0 Å². The van der Waals surface area contributed by atoms with Crippen LogP contribution in [0.1, 0.15) is 44.6 Å². The third-order valence-electron chi connectivity index (χ3n) is 4.94. The van der Waals surface area contributed by atoms with Crippen molar-refractivity contribution in [3.8, 4) is 6.07 Å². The first-order chi connectivity index (χ1) is 11.5. The molecule has 1 heterocycles. The maximum atomic E-state index is 12.4. The monoisotopic (exact) mass is 349 g/mol. The molecule has 0 spiro atoms. The molecule has 1 fully saturated rings. The van der Waals surface area contributed by atoms with Gasteiger partial charge in [0.25, 0.3) is 0 Å². The Morgan fingerprint density at radius 1 is 1.29 bits per heavy atom. The van der Waals surface area contributed by atoms with Crippen LogP contribution in [0.15, 0.2) is 29.2 Å². The van der Waals surface area contributed by atoms with Crippen LogP contribution in [-0.4, -0.2) is 39.5 Å². The molecule has 0 amide bonds. The van der Waals surface area contributed by atoms with Crippen molar-refractivity contribution < 1.29 is 8.42 Å². The highest BCUT2D eigenvalue weighted by atomic mass is 32.2. The maximum Gasteiger partial charge on any atom is 0.240 e. The lowest BCUT2D eigenvalue weighted by Gasteiger charge is -2.30. The highest BCUT2D eigenvalue weighted by Gasteiger charge is 2.21. The summed E-state index contributed by atoms with van der Waals surface area (Å²) in [5, 5.41) is 8.71. The lowest BCUT2D eigenvalue weighted by atomic mass is 9.97. The highest BCUT2D eigenvalue weighted by Crippen LogP contribution is 2.21. The number of likely N-dealkylation sites (tertiary alicyclic amines) is 1. The fourth-order valence-electron chi connectivity index (χ4n) is 2.97. The van der Waals surface area contributed by atoms with Crippen LogP contribution in [0, 0.1) is 17.2 Å². The average Bonchev–Trinajstić information content (AvgIpc) is 2.61. The molecule has 0 unspecified atom stereocenters. The predicted octanol–water partition coefficient (Wildman–Crippen LogP) is 2.71. The van der Waals surface area contributed by atoms with Crippen molar-refractivity contribution in [1.29, 1.82) is 5.26 Å². The summed E-state index contributed by atoms with van der Waals surface area (Å²) in [7, 11) is -3.45. The van der Waals surface area contributed by atoms with Gasteiger partial charge in [-0.1, -0.05) is 26.0 Å². The van der Waals surface area contributed by atoms with Gasteiger partial charge in [0.15, 0.2) is 0 Å². The molecule has 0 aromatic heterocycles. The number of sulfonamides is 1. The van der Waals surface area contributed by atoms with Crippen LogP contribution >= 0.6 is 0 Å². The zero-order chi connectivity index (χ0) is 17.6. The number of nitriles is 1. The highest BCUT2D eigenvalue weighted by molar-refractivity contribution is 7.89. The molecule has 132 valence electrons. The first-order valence-electron chi connectivity index (χ1n) is 8.65. The van der Waals surface area contributed by atoms with E-state index in [-0.39, 0.29) is 0 Å². The fourth-order valence-corrected chi connectivity index (χ4v) is 4.09. The average molecular weight is 350 g/mol. The first-order valence-corrected chi connectivity index (χ1v) is 10.1. The third kappa shape index (κ3) is 5.04. The van der Waals surface area contributed by atoms with Crippen LogP contribution in [0.2, 0.25) is 0 Å². The van der Waals surface area contributed by atoms with Gasteiger partial charge in [0.1, 0.15) is 0 Å². The Hall–Kier alpha value is -1.42. The number of rotatable bonds is 7. The van der Waals surface area contributed by atoms with E-state index in [1.54, 1.807) is 12.1 Å². The standard InChI is InChI=1S/C18H27N3O2S/c1-3-15(2)17-4-6-18(7-5-17)24(22,23)20-14-16-8-11-21(12-9-16)13-10-19/h4-7,15-16,20H,3,8-9,11-14H2,1-2H3/t15-/m0/s1. The molecule has 1 N–H and O–H groups in total. The van der Waals surface area contributed by atoms with Gasteiger partial charge in [0.2, 0.25) is 10.0 Å². The summed E-state index contributed by atoms with van der Waals surface area (Å²) in [6.07, 6.45) is 2.89. The van der Waals surface area contributed by atoms with Crippen molar-refractivity contribution in [2.24, 2.45) is 5.92 Å². The summed E-state index contributed by atoms with van der Waals surface area (Å²) in [5.41, 5.74) is 1.17. The molecule has 1 aliphatic rings. The molecule has 0 bridgehead atoms. The summed E-state index contributed by atoms with van der Waals surface area (Å²) < 4.78 is 27.6. The van der Waals surface area contributed by atoms with Gasteiger partial charge < -0.3 is 0 Å². The van der Waals surface area contributed by atoms with Crippen LogP contribution in [0.5, 0.6) is 0 Å². The van der Waals surface area contributed by atoms with E-state index < -0.39 is 10.0 Å². The SMILES string of the molecule is CC[C@H](C)c1ccc(S(=O)(=O)NCC2CCN(CC#N)CC2)cc1. The van der Waals surface area contributed by atoms with Crippen molar-refractivity contribution >= 4 is 10.0 Å². The topological polar surface area (TPSA) is 73.2 Å². The zero-order valence-corrected chi connectivity index (χ0v) is 15.3. The van der Waals surface area contributed by atoms with Crippen molar-refractivity contribution in [2.75, 3.05) is 26.2 Å². The Kier molecular flexibility index (Phi) is 6.79. The molecule has 5 nitrogen and oxygen atoms in total. The molecule has 1 atom stereocenters. The molecule has 1 aliphatic heterocycles. The molecule has 6 heteroatoms. The number of benzene rings is 1. The van der Waals surface area contributed by atoms with E-state index in [0.717, 1.165) is 32.4 Å². The fraction of sp³-hybridized carbons (Fsp3) is 0.611. The van der Waals surface area contributed by atoms with Crippen LogP contribution in [0.25, 0.3) is 0 Å². The van der Waals surface area contributed by atoms with Gasteiger partial charge in [-0.2, -0.15) is 5.26 Å². The van der Waals surface area contributed by atoms with E-state index in [1.165, 1.54) is 5.56 Å². The summed E-state index contributed by atoms with van der Waals surface area (Å²) in [6.45, 7) is 6.92. The van der Waals surface area contributed by atoms with Gasteiger partial charge in [-0.25, -0.2) is 13.1 Å². The molecule has 24 heavy (non-hydrogen) atoms. The van der Waals surface area contributed by atoms with Crippen LogP contribution in [0.4, 0.5) is 0 Å². The molecule has 0 saturated carbocycles. The Bertz CT molecular complexity index is 656. The van der Waals surface area contributed by atoms with Crippen LogP contribution in [-0.2, 0) is 10.0 Å². The van der Waals surface area contributed by atoms with E-state index in [1.807, 2.05) is 12.1 Å². The van der Waals surface area contributed by atoms with Gasteiger partial charge in [0.05, 0.1) is 17.5 Å². The minimum atomic E-state index is -3.45. The minimum absolute atomic E-state index is 0.330. The van der Waals surface area contributed by atoms with E-state index in [0.29, 0.717) is 29.8 Å². The lowest BCUT2D eigenvalue weighted by Crippen LogP contribution is -2.38. The Balaban J connectivity index is 1.89. The quantitative estimate of drug-likeness (QED) is 0.768. The van der Waals surface area contributed by atoms with E-state index in [4.69, 9.17) is 5.26 Å². The molecule has 0 radical (unpaired) electrons. The molecule has 2 rings (SSSR count). The minimum Gasteiger partial charge on any atom is -0.291 e. The van der Waals surface area contributed by atoms with Crippen molar-refractivity contribution in [2.45, 2.75) is 43.9 Å². The maximum absolute atomic E-state index is 12.4. The normalized spacial score (nSPS) is 18.2. The molecule has 1 saturated heterocycles. The van der Waals surface area contributed by atoms with E-state index in [2.05, 4.69) is 29.5 Å². The Morgan fingerprint density at radius 2 is 1.92 bits per heavy atom. The second-order valence-corrected chi connectivity index (χ2v) is 8.37. The van der Waals surface area contributed by atoms with Gasteiger partial charge in [-0.15, -0.1) is 0 Å². The summed E-state index contributed by atoms with van der Waals surface area (Å²) >= 11 is 0. The van der Waals surface area contributed by atoms with Crippen LogP contribution < -0.4 is 4.72 Å². The smallest absolute Gasteiger partial charge is 0.240 e. The lowest BCUT2D eigenvalue weighted by molar-refractivity contribution is 0.204. The molecular formula is C18H27N3O2S.